The fourth-order valence-corrected chi connectivity index (χ4v) is 3.65. The van der Waals surface area contributed by atoms with Crippen LogP contribution in [0, 0.1) is 11.8 Å². The fourth-order valence-electron chi connectivity index (χ4n) is 3.65. The van der Waals surface area contributed by atoms with Crippen LogP contribution in [0.2, 0.25) is 0 Å². The zero-order valence-electron chi connectivity index (χ0n) is 11.8. The van der Waals surface area contributed by atoms with E-state index in [0.717, 1.165) is 25.0 Å². The van der Waals surface area contributed by atoms with Crippen molar-refractivity contribution in [2.45, 2.75) is 70.9 Å². The van der Waals surface area contributed by atoms with Crippen molar-refractivity contribution in [3.8, 4) is 0 Å². The predicted molar refractivity (Wildman–Crippen MR) is 72.2 cm³/mol. The lowest BCUT2D eigenvalue weighted by atomic mass is 9.68. The molecule has 100 valence electrons. The van der Waals surface area contributed by atoms with E-state index in [0.29, 0.717) is 11.6 Å². The molecule has 1 saturated heterocycles. The van der Waals surface area contributed by atoms with Crippen molar-refractivity contribution in [2.75, 3.05) is 13.2 Å². The van der Waals surface area contributed by atoms with Gasteiger partial charge in [-0.15, -0.1) is 0 Å². The Labute approximate surface area is 107 Å². The Morgan fingerprint density at radius 1 is 1.35 bits per heavy atom. The summed E-state index contributed by atoms with van der Waals surface area (Å²) in [4.78, 5) is 0. The lowest BCUT2D eigenvalue weighted by Crippen LogP contribution is -2.47. The molecule has 0 bridgehead atoms. The summed E-state index contributed by atoms with van der Waals surface area (Å²) in [5, 5.41) is 3.53. The molecule has 2 nitrogen and oxygen atoms in total. The van der Waals surface area contributed by atoms with Gasteiger partial charge in [-0.2, -0.15) is 0 Å². The average molecular weight is 239 g/mol. The first kappa shape index (κ1) is 13.4. The van der Waals surface area contributed by atoms with E-state index >= 15 is 0 Å². The Hall–Kier alpha value is -0.0800. The quantitative estimate of drug-likeness (QED) is 0.794. The summed E-state index contributed by atoms with van der Waals surface area (Å²) in [5.74, 6) is 1.73. The van der Waals surface area contributed by atoms with Crippen molar-refractivity contribution in [2.24, 2.45) is 11.8 Å². The maximum Gasteiger partial charge on any atom is 0.0685 e. The summed E-state index contributed by atoms with van der Waals surface area (Å²) < 4.78 is 6.02. The molecule has 0 aromatic heterocycles. The fraction of sp³-hybridized carbons (Fsp3) is 1.00. The molecular formula is C15H29NO. The van der Waals surface area contributed by atoms with Gasteiger partial charge in [0, 0.05) is 12.6 Å². The van der Waals surface area contributed by atoms with Crippen molar-refractivity contribution in [1.82, 2.24) is 5.32 Å². The van der Waals surface area contributed by atoms with Crippen LogP contribution in [0.1, 0.15) is 59.3 Å². The van der Waals surface area contributed by atoms with Gasteiger partial charge < -0.3 is 10.1 Å². The molecule has 3 unspecified atom stereocenters. The number of hydrogen-bond donors (Lipinski definition) is 1. The van der Waals surface area contributed by atoms with Gasteiger partial charge in [0.25, 0.3) is 0 Å². The van der Waals surface area contributed by atoms with Gasteiger partial charge in [0.05, 0.1) is 5.60 Å². The van der Waals surface area contributed by atoms with E-state index in [9.17, 15) is 0 Å². The summed E-state index contributed by atoms with van der Waals surface area (Å²) in [7, 11) is 0. The molecule has 0 aromatic rings. The minimum Gasteiger partial charge on any atom is -0.375 e. The maximum absolute atomic E-state index is 6.02. The van der Waals surface area contributed by atoms with E-state index in [2.05, 4.69) is 26.1 Å². The van der Waals surface area contributed by atoms with Gasteiger partial charge in [0.1, 0.15) is 0 Å². The number of nitrogens with one attached hydrogen (secondary N) is 1. The number of rotatable bonds is 5. The second kappa shape index (κ2) is 5.71. The van der Waals surface area contributed by atoms with Crippen LogP contribution in [0.5, 0.6) is 0 Å². The van der Waals surface area contributed by atoms with Crippen LogP contribution < -0.4 is 5.32 Å². The molecule has 0 aromatic carbocycles. The second-order valence-corrected chi connectivity index (χ2v) is 6.31. The molecular weight excluding hydrogens is 210 g/mol. The van der Waals surface area contributed by atoms with E-state index in [4.69, 9.17) is 4.74 Å². The van der Waals surface area contributed by atoms with Crippen LogP contribution in [0.15, 0.2) is 0 Å². The second-order valence-electron chi connectivity index (χ2n) is 6.31. The molecule has 1 heterocycles. The van der Waals surface area contributed by atoms with Crippen molar-refractivity contribution in [3.05, 3.63) is 0 Å². The molecule has 1 saturated carbocycles. The van der Waals surface area contributed by atoms with Crippen molar-refractivity contribution >= 4 is 0 Å². The first-order valence-electron chi connectivity index (χ1n) is 7.52. The van der Waals surface area contributed by atoms with Crippen LogP contribution in [-0.2, 0) is 4.74 Å². The molecule has 1 N–H and O–H groups in total. The molecule has 1 aliphatic heterocycles. The predicted octanol–water partition coefficient (Wildman–Crippen LogP) is 3.36. The van der Waals surface area contributed by atoms with E-state index in [-0.39, 0.29) is 0 Å². The molecule has 1 spiro atoms. The molecule has 0 amide bonds. The third kappa shape index (κ3) is 3.23. The molecule has 1 aliphatic carbocycles. The highest BCUT2D eigenvalue weighted by Crippen LogP contribution is 2.46. The van der Waals surface area contributed by atoms with Crippen LogP contribution in [0.4, 0.5) is 0 Å². The number of hydrogen-bond acceptors (Lipinski definition) is 2. The third-order valence-corrected chi connectivity index (χ3v) is 4.88. The summed E-state index contributed by atoms with van der Waals surface area (Å²) in [5.41, 5.74) is 0.318. The first-order chi connectivity index (χ1) is 8.15. The van der Waals surface area contributed by atoms with Crippen LogP contribution in [0.3, 0.4) is 0 Å². The summed E-state index contributed by atoms with van der Waals surface area (Å²) >= 11 is 0. The largest absolute Gasteiger partial charge is 0.375 e. The number of ether oxygens (including phenoxy) is 1. The highest BCUT2D eigenvalue weighted by atomic mass is 16.5. The first-order valence-corrected chi connectivity index (χ1v) is 7.52. The Balaban J connectivity index is 1.80. The Bertz CT molecular complexity index is 237. The monoisotopic (exact) mass is 239 g/mol. The van der Waals surface area contributed by atoms with Crippen molar-refractivity contribution in [1.29, 1.82) is 0 Å². The third-order valence-electron chi connectivity index (χ3n) is 4.88. The minimum atomic E-state index is 0.318. The molecule has 3 atom stereocenters. The molecule has 2 heteroatoms. The summed E-state index contributed by atoms with van der Waals surface area (Å²) in [6.45, 7) is 9.05. The molecule has 2 fully saturated rings. The Morgan fingerprint density at radius 2 is 2.12 bits per heavy atom. The zero-order chi connectivity index (χ0) is 12.3. The summed E-state index contributed by atoms with van der Waals surface area (Å²) in [6.07, 6.45) is 7.94. The van der Waals surface area contributed by atoms with Gasteiger partial charge in [-0.1, -0.05) is 13.8 Å². The lowest BCUT2D eigenvalue weighted by Gasteiger charge is -2.48. The average Bonchev–Trinajstić information content (AvgIpc) is 2.27. The summed E-state index contributed by atoms with van der Waals surface area (Å²) in [6, 6.07) is 0.662. The Morgan fingerprint density at radius 3 is 2.71 bits per heavy atom. The highest BCUT2D eigenvalue weighted by Gasteiger charge is 2.43. The molecule has 0 radical (unpaired) electrons. The highest BCUT2D eigenvalue weighted by molar-refractivity contribution is 4.95. The standard InChI is InChI=1S/C15H29NO/c1-4-16-13(3)10-12(2)14-6-9-17-15(11-14)7-5-8-15/h12-14,16H,4-11H2,1-3H3. The SMILES string of the molecule is CCNC(C)CC(C)C1CCOC2(CCC2)C1. The molecule has 17 heavy (non-hydrogen) atoms. The van der Waals surface area contributed by atoms with Gasteiger partial charge in [0.2, 0.25) is 0 Å². The van der Waals surface area contributed by atoms with Gasteiger partial charge in [-0.3, -0.25) is 0 Å². The zero-order valence-corrected chi connectivity index (χ0v) is 11.8. The maximum atomic E-state index is 6.02. The van der Waals surface area contributed by atoms with Gasteiger partial charge in [-0.25, -0.2) is 0 Å². The van der Waals surface area contributed by atoms with Crippen molar-refractivity contribution in [3.63, 3.8) is 0 Å². The van der Waals surface area contributed by atoms with E-state index in [1.54, 1.807) is 0 Å². The molecule has 2 aliphatic rings. The van der Waals surface area contributed by atoms with Gasteiger partial charge in [-0.05, 0) is 63.8 Å². The topological polar surface area (TPSA) is 21.3 Å². The van der Waals surface area contributed by atoms with E-state index in [1.165, 1.54) is 38.5 Å². The Kier molecular flexibility index (Phi) is 4.48. The van der Waals surface area contributed by atoms with Gasteiger partial charge in [0.15, 0.2) is 0 Å². The normalized spacial score (nSPS) is 30.9. The lowest BCUT2D eigenvalue weighted by molar-refractivity contribution is -0.149. The van der Waals surface area contributed by atoms with Crippen molar-refractivity contribution < 1.29 is 4.74 Å². The van der Waals surface area contributed by atoms with Gasteiger partial charge >= 0.3 is 0 Å². The van der Waals surface area contributed by atoms with E-state index < -0.39 is 0 Å². The smallest absolute Gasteiger partial charge is 0.0685 e. The van der Waals surface area contributed by atoms with Crippen LogP contribution in [0.25, 0.3) is 0 Å². The van der Waals surface area contributed by atoms with Crippen LogP contribution >= 0.6 is 0 Å². The molecule has 2 rings (SSSR count). The van der Waals surface area contributed by atoms with E-state index in [1.807, 2.05) is 0 Å². The van der Waals surface area contributed by atoms with Crippen LogP contribution in [-0.4, -0.2) is 24.8 Å². The minimum absolute atomic E-state index is 0.318.